The Balaban J connectivity index is 1.71. The van der Waals surface area contributed by atoms with Crippen LogP contribution in [0.1, 0.15) is 29.3 Å². The summed E-state index contributed by atoms with van der Waals surface area (Å²) in [5.41, 5.74) is 1.46. The van der Waals surface area contributed by atoms with Gasteiger partial charge in [-0.05, 0) is 43.2 Å². The maximum atomic E-state index is 12.4. The number of hydrogen-bond acceptors (Lipinski definition) is 5. The molecule has 3 rings (SSSR count). The molecule has 0 saturated heterocycles. The van der Waals surface area contributed by atoms with Crippen molar-refractivity contribution >= 4 is 39.9 Å². The fraction of sp³-hybridized carbons (Fsp3) is 0.227. The van der Waals surface area contributed by atoms with Gasteiger partial charge in [0.2, 0.25) is 5.91 Å². The third kappa shape index (κ3) is 5.21. The van der Waals surface area contributed by atoms with E-state index in [1.165, 1.54) is 23.1 Å². The molecule has 0 fully saturated rings. The van der Waals surface area contributed by atoms with E-state index in [1.807, 2.05) is 13.0 Å². The zero-order valence-electron chi connectivity index (χ0n) is 17.6. The number of hydrogen-bond donors (Lipinski definition) is 3. The second-order valence-corrected chi connectivity index (χ2v) is 7.94. The summed E-state index contributed by atoms with van der Waals surface area (Å²) in [4.78, 5) is 41.4. The zero-order chi connectivity index (χ0) is 23.3. The van der Waals surface area contributed by atoms with Gasteiger partial charge in [0, 0.05) is 37.1 Å². The summed E-state index contributed by atoms with van der Waals surface area (Å²) in [6, 6.07) is 11.1. The molecule has 3 N–H and O–H groups in total. The van der Waals surface area contributed by atoms with E-state index in [0.717, 1.165) is 11.1 Å². The normalized spacial score (nSPS) is 11.7. The highest BCUT2D eigenvalue weighted by atomic mass is 32.2. The Morgan fingerprint density at radius 1 is 1.16 bits per heavy atom. The molecular weight excluding hydrogens is 434 g/mol. The van der Waals surface area contributed by atoms with Crippen LogP contribution >= 0.6 is 0 Å². The molecular formula is C22H23N3O6S. The van der Waals surface area contributed by atoms with Gasteiger partial charge in [0.1, 0.15) is 5.75 Å². The van der Waals surface area contributed by atoms with E-state index < -0.39 is 29.0 Å². The standard InChI is InChI=1S/C22H23N3O6S/c1-3-25(2)22(28)31-17-9-6-8-16-20(17)14(13-23-16)11-12-19(26)24-21(27)15-7-4-5-10-18(15)32(29)30/h4-10,13,23H,3,11-12H2,1-2H3,(H,29,30)(H,24,26,27). The molecule has 1 unspecified atom stereocenters. The van der Waals surface area contributed by atoms with Crippen molar-refractivity contribution in [2.45, 2.75) is 24.7 Å². The number of carbonyl (C=O) groups excluding carboxylic acids is 3. The van der Waals surface area contributed by atoms with Gasteiger partial charge < -0.3 is 19.2 Å². The second-order valence-electron chi connectivity index (χ2n) is 7.00. The lowest BCUT2D eigenvalue weighted by Gasteiger charge is -2.15. The molecule has 1 heterocycles. The second kappa shape index (κ2) is 10.2. The smallest absolute Gasteiger partial charge is 0.409 e. The first-order valence-electron chi connectivity index (χ1n) is 9.87. The predicted molar refractivity (Wildman–Crippen MR) is 119 cm³/mol. The third-order valence-corrected chi connectivity index (χ3v) is 5.66. The van der Waals surface area contributed by atoms with Gasteiger partial charge in [-0.25, -0.2) is 9.00 Å². The summed E-state index contributed by atoms with van der Waals surface area (Å²) in [6.45, 7) is 2.33. The summed E-state index contributed by atoms with van der Waals surface area (Å²) in [5.74, 6) is -0.910. The van der Waals surface area contributed by atoms with Crippen LogP contribution in [0, 0.1) is 0 Å². The monoisotopic (exact) mass is 457 g/mol. The SMILES string of the molecule is CCN(C)C(=O)Oc1cccc2[nH]cc(CCC(=O)NC(=O)c3ccccc3S(=O)O)c12. The highest BCUT2D eigenvalue weighted by molar-refractivity contribution is 7.79. The molecule has 0 saturated carbocycles. The van der Waals surface area contributed by atoms with Crippen molar-refractivity contribution < 1.29 is 27.9 Å². The number of rotatable bonds is 7. The van der Waals surface area contributed by atoms with Crippen molar-refractivity contribution in [3.05, 3.63) is 59.8 Å². The Labute approximate surface area is 187 Å². The highest BCUT2D eigenvalue weighted by Crippen LogP contribution is 2.30. The first-order valence-corrected chi connectivity index (χ1v) is 11.0. The largest absolute Gasteiger partial charge is 0.414 e. The number of ether oxygens (including phenoxy) is 1. The summed E-state index contributed by atoms with van der Waals surface area (Å²) < 4.78 is 26.2. The Hall–Kier alpha value is -3.50. The fourth-order valence-electron chi connectivity index (χ4n) is 3.11. The number of benzene rings is 2. The lowest BCUT2D eigenvalue weighted by Crippen LogP contribution is -2.31. The van der Waals surface area contributed by atoms with E-state index in [1.54, 1.807) is 31.4 Å². The number of aromatic nitrogens is 1. The molecule has 10 heteroatoms. The highest BCUT2D eigenvalue weighted by Gasteiger charge is 2.19. The molecule has 168 valence electrons. The number of imide groups is 1. The number of H-pyrrole nitrogens is 1. The first kappa shape index (κ1) is 23.2. The Morgan fingerprint density at radius 2 is 1.91 bits per heavy atom. The number of nitrogens with one attached hydrogen (secondary N) is 2. The maximum Gasteiger partial charge on any atom is 0.414 e. The number of amides is 3. The lowest BCUT2D eigenvalue weighted by atomic mass is 10.1. The molecule has 9 nitrogen and oxygen atoms in total. The van der Waals surface area contributed by atoms with Gasteiger partial charge in [-0.3, -0.25) is 14.9 Å². The van der Waals surface area contributed by atoms with Crippen LogP contribution in [0.4, 0.5) is 4.79 Å². The van der Waals surface area contributed by atoms with Crippen molar-refractivity contribution in [3.8, 4) is 5.75 Å². The molecule has 2 aromatic carbocycles. The van der Waals surface area contributed by atoms with E-state index in [9.17, 15) is 23.1 Å². The van der Waals surface area contributed by atoms with E-state index in [4.69, 9.17) is 4.74 Å². The van der Waals surface area contributed by atoms with Crippen LogP contribution in [0.3, 0.4) is 0 Å². The number of aromatic amines is 1. The first-order chi connectivity index (χ1) is 15.3. The topological polar surface area (TPSA) is 129 Å². The molecule has 3 amide bonds. The van der Waals surface area contributed by atoms with Gasteiger partial charge in [0.15, 0.2) is 11.1 Å². The van der Waals surface area contributed by atoms with Crippen molar-refractivity contribution in [2.75, 3.05) is 13.6 Å². The van der Waals surface area contributed by atoms with Gasteiger partial charge in [-0.15, -0.1) is 0 Å². The molecule has 0 spiro atoms. The third-order valence-electron chi connectivity index (χ3n) is 4.93. The Morgan fingerprint density at radius 3 is 2.62 bits per heavy atom. The number of nitrogens with zero attached hydrogens (tertiary/aromatic N) is 1. The van der Waals surface area contributed by atoms with Crippen LogP contribution in [0.25, 0.3) is 10.9 Å². The lowest BCUT2D eigenvalue weighted by molar-refractivity contribution is -0.120. The average Bonchev–Trinajstić information content (AvgIpc) is 3.21. The van der Waals surface area contributed by atoms with Crippen molar-refractivity contribution in [3.63, 3.8) is 0 Å². The van der Waals surface area contributed by atoms with Gasteiger partial charge >= 0.3 is 6.09 Å². The maximum absolute atomic E-state index is 12.4. The summed E-state index contributed by atoms with van der Waals surface area (Å²) in [6.07, 6.45) is 1.51. The average molecular weight is 458 g/mol. The van der Waals surface area contributed by atoms with Crippen LogP contribution < -0.4 is 10.1 Å². The zero-order valence-corrected chi connectivity index (χ0v) is 18.4. The molecule has 32 heavy (non-hydrogen) atoms. The Kier molecular flexibility index (Phi) is 7.39. The molecule has 0 radical (unpaired) electrons. The van der Waals surface area contributed by atoms with E-state index >= 15 is 0 Å². The molecule has 0 aliphatic carbocycles. The molecule has 1 aromatic heterocycles. The summed E-state index contributed by atoms with van der Waals surface area (Å²) >= 11 is -2.35. The number of carbonyl (C=O) groups is 3. The van der Waals surface area contributed by atoms with E-state index in [2.05, 4.69) is 10.3 Å². The molecule has 0 bridgehead atoms. The number of aryl methyl sites for hydroxylation is 1. The van der Waals surface area contributed by atoms with E-state index in [-0.39, 0.29) is 23.3 Å². The molecule has 0 aliphatic heterocycles. The van der Waals surface area contributed by atoms with Gasteiger partial charge in [-0.1, -0.05) is 18.2 Å². The molecule has 1 atom stereocenters. The summed E-state index contributed by atoms with van der Waals surface area (Å²) in [5, 5.41) is 2.93. The van der Waals surface area contributed by atoms with Crippen molar-refractivity contribution in [1.29, 1.82) is 0 Å². The van der Waals surface area contributed by atoms with Gasteiger partial charge in [0.05, 0.1) is 10.5 Å². The van der Waals surface area contributed by atoms with Crippen LogP contribution in [-0.4, -0.2) is 50.1 Å². The van der Waals surface area contributed by atoms with Crippen LogP contribution in [-0.2, 0) is 22.3 Å². The van der Waals surface area contributed by atoms with Crippen LogP contribution in [0.2, 0.25) is 0 Å². The minimum Gasteiger partial charge on any atom is -0.409 e. The van der Waals surface area contributed by atoms with Gasteiger partial charge in [-0.2, -0.15) is 0 Å². The predicted octanol–water partition coefficient (Wildman–Crippen LogP) is 3.09. The minimum absolute atomic E-state index is 0.0137. The van der Waals surface area contributed by atoms with Gasteiger partial charge in [0.25, 0.3) is 5.91 Å². The van der Waals surface area contributed by atoms with E-state index in [0.29, 0.717) is 17.7 Å². The molecule has 0 aliphatic rings. The minimum atomic E-state index is -2.35. The number of fused-ring (bicyclic) bond motifs is 1. The van der Waals surface area contributed by atoms with Crippen molar-refractivity contribution in [1.82, 2.24) is 15.2 Å². The summed E-state index contributed by atoms with van der Waals surface area (Å²) in [7, 11) is 1.63. The Bertz CT molecular complexity index is 1190. The van der Waals surface area contributed by atoms with Crippen LogP contribution in [0.5, 0.6) is 5.75 Å². The quantitative estimate of drug-likeness (QED) is 0.468. The van der Waals surface area contributed by atoms with Crippen molar-refractivity contribution in [2.24, 2.45) is 0 Å². The van der Waals surface area contributed by atoms with Crippen LogP contribution in [0.15, 0.2) is 53.6 Å². The molecule has 3 aromatic rings. The fourth-order valence-corrected chi connectivity index (χ4v) is 3.66.